The molecule has 2 aliphatic rings. The summed E-state index contributed by atoms with van der Waals surface area (Å²) in [6, 6.07) is 7.74. The molecule has 1 amide bonds. The van der Waals surface area contributed by atoms with Gasteiger partial charge in [-0.25, -0.2) is 4.98 Å². The molecule has 0 unspecified atom stereocenters. The summed E-state index contributed by atoms with van der Waals surface area (Å²) in [5.74, 6) is 2.11. The van der Waals surface area contributed by atoms with Crippen LogP contribution in [0.5, 0.6) is 0 Å². The topological polar surface area (TPSA) is 82.7 Å². The lowest BCUT2D eigenvalue weighted by Gasteiger charge is -2.37. The number of aryl methyl sites for hydroxylation is 1. The minimum Gasteiger partial charge on any atom is -0.326 e. The molecule has 3 N–H and O–H groups in total. The van der Waals surface area contributed by atoms with Crippen LogP contribution in [-0.4, -0.2) is 34.2 Å². The first-order valence-corrected chi connectivity index (χ1v) is 8.69. The Morgan fingerprint density at radius 2 is 2.08 bits per heavy atom. The Morgan fingerprint density at radius 1 is 1.28 bits per heavy atom. The maximum atomic E-state index is 12.9. The van der Waals surface area contributed by atoms with Crippen molar-refractivity contribution in [2.75, 3.05) is 18.4 Å². The standard InChI is InChI=1S/C18H23N5O.ClH/c1-12-20-16(23-22-12)13-5-7-15(8-6-13)21-17(24)18-9-3-2-4-14(18)10-19-11-18;/h5-8,14,19H,2-4,9-11H2,1H3,(H,21,24)(H,20,22,23);1H/t14-,18+;/m0./s1. The number of carbonyl (C=O) groups is 1. The van der Waals surface area contributed by atoms with E-state index in [0.29, 0.717) is 11.7 Å². The third-order valence-corrected chi connectivity index (χ3v) is 5.49. The Labute approximate surface area is 153 Å². The number of anilines is 1. The molecule has 1 saturated heterocycles. The number of rotatable bonds is 3. The lowest BCUT2D eigenvalue weighted by molar-refractivity contribution is -0.128. The summed E-state index contributed by atoms with van der Waals surface area (Å²) < 4.78 is 0. The maximum Gasteiger partial charge on any atom is 0.232 e. The minimum atomic E-state index is -0.224. The average Bonchev–Trinajstić information content (AvgIpc) is 3.22. The van der Waals surface area contributed by atoms with Crippen molar-refractivity contribution in [3.63, 3.8) is 0 Å². The Kier molecular flexibility index (Phi) is 5.11. The first-order valence-electron chi connectivity index (χ1n) is 8.69. The Hall–Kier alpha value is -1.92. The summed E-state index contributed by atoms with van der Waals surface area (Å²) in [6.07, 6.45) is 4.54. The molecule has 0 spiro atoms. The number of fused-ring (bicyclic) bond motifs is 1. The number of hydrogen-bond acceptors (Lipinski definition) is 4. The van der Waals surface area contributed by atoms with Crippen LogP contribution in [0.15, 0.2) is 24.3 Å². The third kappa shape index (κ3) is 3.28. The normalized spacial score (nSPS) is 25.1. The first kappa shape index (κ1) is 17.9. The van der Waals surface area contributed by atoms with Crippen LogP contribution >= 0.6 is 12.4 Å². The van der Waals surface area contributed by atoms with E-state index in [9.17, 15) is 4.79 Å². The number of nitrogens with zero attached hydrogens (tertiary/aromatic N) is 2. The van der Waals surface area contributed by atoms with Crippen molar-refractivity contribution in [1.29, 1.82) is 0 Å². The molecule has 25 heavy (non-hydrogen) atoms. The smallest absolute Gasteiger partial charge is 0.232 e. The van der Waals surface area contributed by atoms with Gasteiger partial charge in [-0.1, -0.05) is 12.8 Å². The van der Waals surface area contributed by atoms with E-state index in [1.165, 1.54) is 6.42 Å². The molecule has 1 saturated carbocycles. The molecular formula is C18H24ClN5O. The number of hydrogen-bond donors (Lipinski definition) is 3. The molecule has 2 aromatic rings. The lowest BCUT2D eigenvalue weighted by atomic mass is 9.67. The van der Waals surface area contributed by atoms with Crippen LogP contribution in [0.3, 0.4) is 0 Å². The van der Waals surface area contributed by atoms with E-state index in [-0.39, 0.29) is 23.7 Å². The maximum absolute atomic E-state index is 12.9. The Bertz CT molecular complexity index is 744. The van der Waals surface area contributed by atoms with Gasteiger partial charge in [-0.15, -0.1) is 12.4 Å². The van der Waals surface area contributed by atoms with Gasteiger partial charge in [-0.05, 0) is 56.5 Å². The van der Waals surface area contributed by atoms with Gasteiger partial charge in [0.25, 0.3) is 0 Å². The van der Waals surface area contributed by atoms with Gasteiger partial charge in [0.05, 0.1) is 5.41 Å². The number of aromatic amines is 1. The third-order valence-electron chi connectivity index (χ3n) is 5.49. The molecule has 7 heteroatoms. The SMILES string of the molecule is Cc1nc(-c2ccc(NC(=O)[C@@]34CCCC[C@H]3CNC4)cc2)n[nH]1.Cl. The lowest BCUT2D eigenvalue weighted by Crippen LogP contribution is -2.44. The molecule has 2 atom stereocenters. The number of aromatic nitrogens is 3. The van der Waals surface area contributed by atoms with Crippen LogP contribution in [0.4, 0.5) is 5.69 Å². The molecule has 4 rings (SSSR count). The van der Waals surface area contributed by atoms with E-state index in [1.54, 1.807) is 0 Å². The van der Waals surface area contributed by atoms with Gasteiger partial charge >= 0.3 is 0 Å². The Morgan fingerprint density at radius 3 is 2.80 bits per heavy atom. The van der Waals surface area contributed by atoms with E-state index in [2.05, 4.69) is 25.8 Å². The van der Waals surface area contributed by atoms with E-state index >= 15 is 0 Å². The van der Waals surface area contributed by atoms with Gasteiger partial charge in [0.1, 0.15) is 5.82 Å². The summed E-state index contributed by atoms with van der Waals surface area (Å²) in [5.41, 5.74) is 1.55. The minimum absolute atomic E-state index is 0. The number of halogens is 1. The van der Waals surface area contributed by atoms with E-state index in [0.717, 1.165) is 49.4 Å². The highest BCUT2D eigenvalue weighted by molar-refractivity contribution is 5.96. The molecule has 1 aromatic carbocycles. The fraction of sp³-hybridized carbons (Fsp3) is 0.500. The fourth-order valence-corrected chi connectivity index (χ4v) is 4.12. The van der Waals surface area contributed by atoms with Crippen molar-refractivity contribution in [1.82, 2.24) is 20.5 Å². The quantitative estimate of drug-likeness (QED) is 0.785. The number of nitrogens with one attached hydrogen (secondary N) is 3. The zero-order chi connectivity index (χ0) is 16.6. The average molecular weight is 362 g/mol. The van der Waals surface area contributed by atoms with Gasteiger partial charge in [0.2, 0.25) is 5.91 Å². The summed E-state index contributed by atoms with van der Waals surface area (Å²) in [5, 5.41) is 13.6. The van der Waals surface area contributed by atoms with Crippen molar-refractivity contribution in [3.05, 3.63) is 30.1 Å². The monoisotopic (exact) mass is 361 g/mol. The van der Waals surface area contributed by atoms with Crippen molar-refractivity contribution in [2.24, 2.45) is 11.3 Å². The van der Waals surface area contributed by atoms with Crippen LogP contribution in [0.25, 0.3) is 11.4 Å². The van der Waals surface area contributed by atoms with E-state index in [1.807, 2.05) is 31.2 Å². The number of amides is 1. The molecule has 1 aliphatic heterocycles. The van der Waals surface area contributed by atoms with Crippen LogP contribution in [-0.2, 0) is 4.79 Å². The van der Waals surface area contributed by atoms with Crippen molar-refractivity contribution < 1.29 is 4.79 Å². The molecule has 134 valence electrons. The predicted molar refractivity (Wildman–Crippen MR) is 99.7 cm³/mol. The number of carbonyl (C=O) groups excluding carboxylic acids is 1. The molecule has 1 aliphatic carbocycles. The van der Waals surface area contributed by atoms with E-state index in [4.69, 9.17) is 0 Å². The fourth-order valence-electron chi connectivity index (χ4n) is 4.12. The largest absolute Gasteiger partial charge is 0.326 e. The predicted octanol–water partition coefficient (Wildman–Crippen LogP) is 2.92. The van der Waals surface area contributed by atoms with Crippen molar-refractivity contribution >= 4 is 24.0 Å². The second-order valence-electron chi connectivity index (χ2n) is 7.01. The molecule has 0 radical (unpaired) electrons. The summed E-state index contributed by atoms with van der Waals surface area (Å²) >= 11 is 0. The zero-order valence-corrected chi connectivity index (χ0v) is 15.2. The first-order chi connectivity index (χ1) is 11.7. The number of H-pyrrole nitrogens is 1. The van der Waals surface area contributed by atoms with Crippen LogP contribution in [0.2, 0.25) is 0 Å². The van der Waals surface area contributed by atoms with Crippen LogP contribution < -0.4 is 10.6 Å². The molecular weight excluding hydrogens is 338 g/mol. The van der Waals surface area contributed by atoms with Crippen LogP contribution in [0, 0.1) is 18.3 Å². The van der Waals surface area contributed by atoms with Gasteiger partial charge in [-0.2, -0.15) is 5.10 Å². The highest BCUT2D eigenvalue weighted by atomic mass is 35.5. The summed E-state index contributed by atoms with van der Waals surface area (Å²) in [4.78, 5) is 17.3. The van der Waals surface area contributed by atoms with Gasteiger partial charge in [-0.3, -0.25) is 9.89 Å². The molecule has 2 heterocycles. The molecule has 6 nitrogen and oxygen atoms in total. The summed E-state index contributed by atoms with van der Waals surface area (Å²) in [6.45, 7) is 3.65. The molecule has 2 fully saturated rings. The second kappa shape index (κ2) is 7.14. The Balaban J connectivity index is 0.00000182. The number of benzene rings is 1. The highest BCUT2D eigenvalue weighted by Gasteiger charge is 2.49. The molecule has 1 aromatic heterocycles. The van der Waals surface area contributed by atoms with Crippen molar-refractivity contribution in [3.8, 4) is 11.4 Å². The molecule has 0 bridgehead atoms. The second-order valence-corrected chi connectivity index (χ2v) is 7.01. The van der Waals surface area contributed by atoms with E-state index < -0.39 is 0 Å². The zero-order valence-electron chi connectivity index (χ0n) is 14.3. The highest BCUT2D eigenvalue weighted by Crippen LogP contribution is 2.44. The summed E-state index contributed by atoms with van der Waals surface area (Å²) in [7, 11) is 0. The van der Waals surface area contributed by atoms with Gasteiger partial charge in [0.15, 0.2) is 5.82 Å². The van der Waals surface area contributed by atoms with Gasteiger partial charge in [0, 0.05) is 17.8 Å². The van der Waals surface area contributed by atoms with Gasteiger partial charge < -0.3 is 10.6 Å². The van der Waals surface area contributed by atoms with Crippen LogP contribution in [0.1, 0.15) is 31.5 Å². The van der Waals surface area contributed by atoms with Crippen molar-refractivity contribution in [2.45, 2.75) is 32.6 Å².